The van der Waals surface area contributed by atoms with Gasteiger partial charge in [-0.25, -0.2) is 0 Å². The molecule has 1 aromatic carbocycles. The third-order valence-electron chi connectivity index (χ3n) is 7.39. The minimum atomic E-state index is -0.702. The Hall–Kier alpha value is -2.18. The highest BCUT2D eigenvalue weighted by molar-refractivity contribution is 5.83. The van der Waals surface area contributed by atoms with E-state index in [-0.39, 0.29) is 11.8 Å². The maximum Gasteiger partial charge on any atom is 0.308 e. The van der Waals surface area contributed by atoms with Crippen LogP contribution in [0.2, 0.25) is 0 Å². The smallest absolute Gasteiger partial charge is 0.308 e. The van der Waals surface area contributed by atoms with Gasteiger partial charge in [0.2, 0.25) is 0 Å². The first kappa shape index (κ1) is 22.0. The quantitative estimate of drug-likeness (QED) is 0.623. The van der Waals surface area contributed by atoms with Crippen LogP contribution in [0, 0.1) is 17.8 Å². The Morgan fingerprint density at radius 2 is 2.10 bits per heavy atom. The summed E-state index contributed by atoms with van der Waals surface area (Å²) in [5.74, 6) is 0.636. The molecule has 2 aromatic rings. The van der Waals surface area contributed by atoms with Gasteiger partial charge in [0.25, 0.3) is 0 Å². The number of methoxy groups -OCH3 is 1. The van der Waals surface area contributed by atoms with E-state index in [1.807, 2.05) is 24.3 Å². The van der Waals surface area contributed by atoms with E-state index in [0.29, 0.717) is 19.4 Å². The summed E-state index contributed by atoms with van der Waals surface area (Å²) in [6.45, 7) is 2.62. The monoisotopic (exact) mass is 426 g/mol. The fourth-order valence-electron chi connectivity index (χ4n) is 5.13. The van der Waals surface area contributed by atoms with Gasteiger partial charge in [-0.05, 0) is 80.4 Å². The van der Waals surface area contributed by atoms with Crippen molar-refractivity contribution in [2.75, 3.05) is 26.7 Å². The molecule has 1 aliphatic carbocycles. The van der Waals surface area contributed by atoms with Crippen molar-refractivity contribution in [3.05, 3.63) is 36.0 Å². The summed E-state index contributed by atoms with van der Waals surface area (Å²) in [6, 6.07) is 7.51. The van der Waals surface area contributed by atoms with Crippen LogP contribution < -0.4 is 4.74 Å². The summed E-state index contributed by atoms with van der Waals surface area (Å²) in [5.41, 5.74) is 1.65. The van der Waals surface area contributed by atoms with Crippen LogP contribution in [0.15, 0.2) is 30.5 Å². The molecule has 4 rings (SSSR count). The summed E-state index contributed by atoms with van der Waals surface area (Å²) in [6.07, 6.45) is 8.45. The minimum Gasteiger partial charge on any atom is -0.497 e. The molecule has 168 valence electrons. The second kappa shape index (κ2) is 9.96. The molecule has 0 bridgehead atoms. The first-order valence-electron chi connectivity index (χ1n) is 11.6. The molecular weight excluding hydrogens is 392 g/mol. The molecule has 1 saturated heterocycles. The van der Waals surface area contributed by atoms with Crippen molar-refractivity contribution in [3.63, 3.8) is 0 Å². The number of fused-ring (bicyclic) bond motifs is 1. The average Bonchev–Trinajstić information content (AvgIpc) is 2.75. The molecular formula is C25H34N2O4. The molecule has 2 fully saturated rings. The van der Waals surface area contributed by atoms with Gasteiger partial charge in [-0.15, -0.1) is 0 Å². The van der Waals surface area contributed by atoms with Crippen LogP contribution in [0.5, 0.6) is 5.75 Å². The number of aromatic nitrogens is 1. The van der Waals surface area contributed by atoms with Crippen LogP contribution in [0.4, 0.5) is 0 Å². The number of nitrogens with zero attached hydrogens (tertiary/aromatic N) is 2. The highest BCUT2D eigenvalue weighted by Gasteiger charge is 2.34. The number of aliphatic carboxylic acids is 1. The summed E-state index contributed by atoms with van der Waals surface area (Å²) < 4.78 is 5.33. The van der Waals surface area contributed by atoms with Crippen LogP contribution >= 0.6 is 0 Å². The Morgan fingerprint density at radius 3 is 2.81 bits per heavy atom. The standard InChI is InChI=1S/C25H34N2O4/c1-31-19-6-7-23-21(15-19)20(9-12-26-23)24(28)8-5-18-11-14-27(16-22(18)25(29)30)13-10-17-3-2-4-17/h6-7,9,12,15,17-18,22,24,28H,2-5,8,10-11,13-14,16H2,1H3,(H,29,30)/t18-,22+,24-/m1/s1. The van der Waals surface area contributed by atoms with Crippen molar-refractivity contribution in [2.24, 2.45) is 17.8 Å². The molecule has 1 aliphatic heterocycles. The zero-order valence-electron chi connectivity index (χ0n) is 18.4. The van der Waals surface area contributed by atoms with Gasteiger partial charge in [0.15, 0.2) is 0 Å². The van der Waals surface area contributed by atoms with Gasteiger partial charge in [0.1, 0.15) is 5.75 Å². The first-order chi connectivity index (χ1) is 15.0. The number of likely N-dealkylation sites (tertiary alicyclic amines) is 1. The Kier molecular flexibility index (Phi) is 7.08. The summed E-state index contributed by atoms with van der Waals surface area (Å²) in [4.78, 5) is 18.7. The van der Waals surface area contributed by atoms with Crippen molar-refractivity contribution in [3.8, 4) is 5.75 Å². The van der Waals surface area contributed by atoms with Gasteiger partial charge < -0.3 is 19.8 Å². The fraction of sp³-hybridized carbons (Fsp3) is 0.600. The van der Waals surface area contributed by atoms with Gasteiger partial charge in [0.05, 0.1) is 24.6 Å². The SMILES string of the molecule is COc1ccc2nccc([C@H](O)CC[C@@H]3CCN(CCC4CCC4)C[C@@H]3C(=O)O)c2c1. The third kappa shape index (κ3) is 5.18. The highest BCUT2D eigenvalue weighted by Crippen LogP contribution is 2.35. The molecule has 6 nitrogen and oxygen atoms in total. The number of carbonyl (C=O) groups is 1. The molecule has 2 aliphatic rings. The van der Waals surface area contributed by atoms with Crippen molar-refractivity contribution < 1.29 is 19.7 Å². The molecule has 0 radical (unpaired) electrons. The normalized spacial score (nSPS) is 23.4. The lowest BCUT2D eigenvalue weighted by atomic mass is 9.80. The summed E-state index contributed by atoms with van der Waals surface area (Å²) in [7, 11) is 1.62. The Labute approximate surface area is 184 Å². The number of hydrogen-bond acceptors (Lipinski definition) is 5. The number of piperidine rings is 1. The van der Waals surface area contributed by atoms with Crippen molar-refractivity contribution in [1.82, 2.24) is 9.88 Å². The van der Waals surface area contributed by atoms with E-state index in [0.717, 1.165) is 47.6 Å². The third-order valence-corrected chi connectivity index (χ3v) is 7.39. The molecule has 0 unspecified atom stereocenters. The number of rotatable bonds is 9. The van der Waals surface area contributed by atoms with E-state index in [1.165, 1.54) is 25.7 Å². The second-order valence-corrected chi connectivity index (χ2v) is 9.26. The molecule has 31 heavy (non-hydrogen) atoms. The molecule has 6 heteroatoms. The fourth-order valence-corrected chi connectivity index (χ4v) is 5.13. The van der Waals surface area contributed by atoms with E-state index in [4.69, 9.17) is 4.74 Å². The van der Waals surface area contributed by atoms with E-state index in [1.54, 1.807) is 13.3 Å². The number of aliphatic hydroxyl groups is 1. The number of ether oxygens (including phenoxy) is 1. The Balaban J connectivity index is 1.37. The van der Waals surface area contributed by atoms with Crippen molar-refractivity contribution in [2.45, 2.75) is 51.0 Å². The molecule has 2 N–H and O–H groups in total. The van der Waals surface area contributed by atoms with Crippen LogP contribution in [-0.4, -0.2) is 52.8 Å². The lowest BCUT2D eigenvalue weighted by Crippen LogP contribution is -2.44. The predicted molar refractivity (Wildman–Crippen MR) is 120 cm³/mol. The highest BCUT2D eigenvalue weighted by atomic mass is 16.5. The molecule has 1 saturated carbocycles. The Bertz CT molecular complexity index is 898. The molecule has 3 atom stereocenters. The zero-order valence-corrected chi connectivity index (χ0v) is 18.4. The number of aliphatic hydroxyl groups excluding tert-OH is 1. The number of pyridine rings is 1. The number of carboxylic acid groups (broad SMARTS) is 1. The summed E-state index contributed by atoms with van der Waals surface area (Å²) >= 11 is 0. The van der Waals surface area contributed by atoms with Gasteiger partial charge in [-0.2, -0.15) is 0 Å². The van der Waals surface area contributed by atoms with E-state index < -0.39 is 12.1 Å². The molecule has 1 aromatic heterocycles. The van der Waals surface area contributed by atoms with Gasteiger partial charge in [0, 0.05) is 18.1 Å². The molecule has 2 heterocycles. The minimum absolute atomic E-state index is 0.106. The average molecular weight is 427 g/mol. The maximum absolute atomic E-state index is 12.0. The maximum atomic E-state index is 12.0. The molecule has 0 amide bonds. The number of benzene rings is 1. The van der Waals surface area contributed by atoms with Gasteiger partial charge in [-0.1, -0.05) is 19.3 Å². The first-order valence-corrected chi connectivity index (χ1v) is 11.6. The predicted octanol–water partition coefficient (Wildman–Crippen LogP) is 4.27. The van der Waals surface area contributed by atoms with Crippen molar-refractivity contribution >= 4 is 16.9 Å². The van der Waals surface area contributed by atoms with Crippen LogP contribution in [0.25, 0.3) is 10.9 Å². The van der Waals surface area contributed by atoms with E-state index in [2.05, 4.69) is 9.88 Å². The van der Waals surface area contributed by atoms with E-state index >= 15 is 0 Å². The van der Waals surface area contributed by atoms with Gasteiger partial charge in [-0.3, -0.25) is 9.78 Å². The molecule has 0 spiro atoms. The topological polar surface area (TPSA) is 82.9 Å². The number of carboxylic acids is 1. The van der Waals surface area contributed by atoms with Crippen LogP contribution in [0.1, 0.15) is 56.6 Å². The van der Waals surface area contributed by atoms with E-state index in [9.17, 15) is 15.0 Å². The van der Waals surface area contributed by atoms with Gasteiger partial charge >= 0.3 is 5.97 Å². The van der Waals surface area contributed by atoms with Crippen LogP contribution in [0.3, 0.4) is 0 Å². The largest absolute Gasteiger partial charge is 0.497 e. The lowest BCUT2D eigenvalue weighted by Gasteiger charge is -2.38. The lowest BCUT2D eigenvalue weighted by molar-refractivity contribution is -0.146. The Morgan fingerprint density at radius 1 is 1.26 bits per heavy atom. The summed E-state index contributed by atoms with van der Waals surface area (Å²) in [5, 5.41) is 21.7. The number of hydrogen-bond donors (Lipinski definition) is 2. The zero-order chi connectivity index (χ0) is 21.8. The second-order valence-electron chi connectivity index (χ2n) is 9.26. The van der Waals surface area contributed by atoms with Crippen LogP contribution in [-0.2, 0) is 4.79 Å². The van der Waals surface area contributed by atoms with Crippen molar-refractivity contribution in [1.29, 1.82) is 0 Å².